The molecule has 4 atom stereocenters. The molecule has 4 unspecified atom stereocenters. The largest absolute Gasteiger partial charge is 0.480 e. The highest BCUT2D eigenvalue weighted by Crippen LogP contribution is 2.20. The lowest BCUT2D eigenvalue weighted by molar-refractivity contribution is -0.145. The number of carboxylic acids is 1. The van der Waals surface area contributed by atoms with E-state index < -0.39 is 54.5 Å². The number of rotatable bonds is 14. The number of amides is 3. The Bertz CT molecular complexity index is 623. The Kier molecular flexibility index (Phi) is 12.5. The van der Waals surface area contributed by atoms with E-state index >= 15 is 0 Å². The fourth-order valence-corrected chi connectivity index (χ4v) is 3.84. The lowest BCUT2D eigenvalue weighted by atomic mass is 10.1. The number of aliphatic carboxylic acids is 1. The number of unbranched alkanes of at least 4 members (excludes halogenated alkanes) is 1. The molecule has 0 aromatic rings. The van der Waals surface area contributed by atoms with E-state index in [1.54, 1.807) is 0 Å². The second-order valence-electron chi connectivity index (χ2n) is 7.51. The smallest absolute Gasteiger partial charge is 0.328 e. The van der Waals surface area contributed by atoms with Crippen LogP contribution in [0.2, 0.25) is 0 Å². The van der Waals surface area contributed by atoms with Gasteiger partial charge in [0.1, 0.15) is 18.1 Å². The molecule has 3 amide bonds. The molecular weight excluding hydrogens is 426 g/mol. The van der Waals surface area contributed by atoms with E-state index in [2.05, 4.69) is 10.6 Å². The zero-order valence-corrected chi connectivity index (χ0v) is 18.7. The summed E-state index contributed by atoms with van der Waals surface area (Å²) in [6, 6.07) is -3.88. The summed E-state index contributed by atoms with van der Waals surface area (Å²) in [4.78, 5) is 50.7. The quantitative estimate of drug-likeness (QED) is 0.163. The molecule has 0 saturated carbocycles. The number of hydrogen-bond acceptors (Lipinski definition) is 8. The predicted octanol–water partition coefficient (Wildman–Crippen LogP) is -1.77. The molecule has 1 saturated heterocycles. The van der Waals surface area contributed by atoms with Crippen molar-refractivity contribution < 1.29 is 29.4 Å². The van der Waals surface area contributed by atoms with Gasteiger partial charge < -0.3 is 37.2 Å². The standard InChI is InChI=1S/C19H35N5O6S/c1-31-10-7-13(22-16(26)12(21)5-2-3-8-20)18(28)24-9-4-6-15(24)17(27)23-14(11-25)19(29)30/h12-15,25H,2-11,20-21H2,1H3,(H,22,26)(H,23,27)(H,29,30). The lowest BCUT2D eigenvalue weighted by Gasteiger charge is -2.29. The van der Waals surface area contributed by atoms with Crippen molar-refractivity contribution in [1.82, 2.24) is 15.5 Å². The van der Waals surface area contributed by atoms with Crippen molar-refractivity contribution in [1.29, 1.82) is 0 Å². The highest BCUT2D eigenvalue weighted by molar-refractivity contribution is 7.98. The Labute approximate surface area is 186 Å². The number of hydrogen-bond donors (Lipinski definition) is 6. The summed E-state index contributed by atoms with van der Waals surface area (Å²) >= 11 is 1.52. The van der Waals surface area contributed by atoms with Crippen LogP contribution in [0.25, 0.3) is 0 Å². The zero-order chi connectivity index (χ0) is 23.4. The van der Waals surface area contributed by atoms with Crippen LogP contribution in [-0.4, -0.2) is 94.7 Å². The molecule has 31 heavy (non-hydrogen) atoms. The number of nitrogens with zero attached hydrogens (tertiary/aromatic N) is 1. The molecule has 178 valence electrons. The first-order chi connectivity index (χ1) is 14.8. The fraction of sp³-hybridized carbons (Fsp3) is 0.789. The van der Waals surface area contributed by atoms with Crippen LogP contribution < -0.4 is 22.1 Å². The third kappa shape index (κ3) is 8.63. The Morgan fingerprint density at radius 2 is 1.87 bits per heavy atom. The summed E-state index contributed by atoms with van der Waals surface area (Å²) in [5, 5.41) is 23.1. The molecule has 1 heterocycles. The van der Waals surface area contributed by atoms with Crippen molar-refractivity contribution in [2.24, 2.45) is 11.5 Å². The molecule has 1 rings (SSSR count). The van der Waals surface area contributed by atoms with Crippen molar-refractivity contribution in [2.75, 3.05) is 31.7 Å². The van der Waals surface area contributed by atoms with Gasteiger partial charge in [-0.2, -0.15) is 11.8 Å². The highest BCUT2D eigenvalue weighted by Gasteiger charge is 2.38. The first kappa shape index (κ1) is 27.1. The number of nitrogens with one attached hydrogen (secondary N) is 2. The van der Waals surface area contributed by atoms with Gasteiger partial charge in [-0.1, -0.05) is 6.42 Å². The monoisotopic (exact) mass is 461 g/mol. The van der Waals surface area contributed by atoms with Gasteiger partial charge in [-0.3, -0.25) is 14.4 Å². The third-order valence-electron chi connectivity index (χ3n) is 5.17. The molecule has 1 aliphatic rings. The van der Waals surface area contributed by atoms with E-state index in [4.69, 9.17) is 21.7 Å². The average Bonchev–Trinajstić information content (AvgIpc) is 3.23. The molecule has 0 radical (unpaired) electrons. The van der Waals surface area contributed by atoms with Crippen LogP contribution in [0.1, 0.15) is 38.5 Å². The van der Waals surface area contributed by atoms with E-state index in [-0.39, 0.29) is 0 Å². The first-order valence-electron chi connectivity index (χ1n) is 10.5. The lowest BCUT2D eigenvalue weighted by Crippen LogP contribution is -2.57. The predicted molar refractivity (Wildman–Crippen MR) is 117 cm³/mol. The van der Waals surface area contributed by atoms with Crippen LogP contribution in [0.5, 0.6) is 0 Å². The van der Waals surface area contributed by atoms with Gasteiger partial charge in [0.15, 0.2) is 0 Å². The minimum Gasteiger partial charge on any atom is -0.480 e. The number of carboxylic acid groups (broad SMARTS) is 1. The normalized spacial score (nSPS) is 18.8. The highest BCUT2D eigenvalue weighted by atomic mass is 32.2. The second-order valence-corrected chi connectivity index (χ2v) is 8.49. The molecule has 0 aromatic heterocycles. The SMILES string of the molecule is CSCCC(NC(=O)C(N)CCCCN)C(=O)N1CCCC1C(=O)NC(CO)C(=O)O. The minimum absolute atomic E-state index is 0.321. The number of aliphatic hydroxyl groups is 1. The van der Waals surface area contributed by atoms with Gasteiger partial charge in [-0.15, -0.1) is 0 Å². The molecule has 1 fully saturated rings. The van der Waals surface area contributed by atoms with Gasteiger partial charge in [0.25, 0.3) is 0 Å². The van der Waals surface area contributed by atoms with E-state index in [1.807, 2.05) is 6.26 Å². The van der Waals surface area contributed by atoms with Crippen molar-refractivity contribution in [3.8, 4) is 0 Å². The molecular formula is C19H35N5O6S. The van der Waals surface area contributed by atoms with Crippen molar-refractivity contribution in [3.63, 3.8) is 0 Å². The second kappa shape index (κ2) is 14.2. The Morgan fingerprint density at radius 1 is 1.16 bits per heavy atom. The number of carbonyl (C=O) groups excluding carboxylic acids is 3. The molecule has 1 aliphatic heterocycles. The summed E-state index contributed by atoms with van der Waals surface area (Å²) in [7, 11) is 0. The molecule has 0 spiro atoms. The van der Waals surface area contributed by atoms with Crippen LogP contribution in [0.3, 0.4) is 0 Å². The van der Waals surface area contributed by atoms with Crippen LogP contribution in [0.15, 0.2) is 0 Å². The van der Waals surface area contributed by atoms with Crippen LogP contribution in [0, 0.1) is 0 Å². The summed E-state index contributed by atoms with van der Waals surface area (Å²) in [5.74, 6) is -2.20. The topological polar surface area (TPSA) is 188 Å². The van der Waals surface area contributed by atoms with Crippen LogP contribution in [0.4, 0.5) is 0 Å². The average molecular weight is 462 g/mol. The Morgan fingerprint density at radius 3 is 2.45 bits per heavy atom. The van der Waals surface area contributed by atoms with Crippen LogP contribution in [-0.2, 0) is 19.2 Å². The number of likely N-dealkylation sites (tertiary alicyclic amines) is 1. The van der Waals surface area contributed by atoms with Gasteiger partial charge in [0.2, 0.25) is 17.7 Å². The van der Waals surface area contributed by atoms with Crippen LogP contribution >= 0.6 is 11.8 Å². The van der Waals surface area contributed by atoms with E-state index in [9.17, 15) is 19.2 Å². The van der Waals surface area contributed by atoms with Gasteiger partial charge in [-0.25, -0.2) is 4.79 Å². The van der Waals surface area contributed by atoms with Gasteiger partial charge in [0.05, 0.1) is 12.6 Å². The maximum Gasteiger partial charge on any atom is 0.328 e. The van der Waals surface area contributed by atoms with Gasteiger partial charge >= 0.3 is 5.97 Å². The summed E-state index contributed by atoms with van der Waals surface area (Å²) in [6.07, 6.45) is 5.12. The fourth-order valence-electron chi connectivity index (χ4n) is 3.37. The number of carbonyl (C=O) groups is 4. The minimum atomic E-state index is -1.44. The van der Waals surface area contributed by atoms with Crippen molar-refractivity contribution in [3.05, 3.63) is 0 Å². The molecule has 0 aliphatic carbocycles. The first-order valence-corrected chi connectivity index (χ1v) is 11.9. The van der Waals surface area contributed by atoms with Crippen molar-refractivity contribution in [2.45, 2.75) is 62.7 Å². The van der Waals surface area contributed by atoms with Gasteiger partial charge in [-0.05, 0) is 50.7 Å². The number of nitrogens with two attached hydrogens (primary N) is 2. The molecule has 12 heteroatoms. The number of thioether (sulfide) groups is 1. The Hall–Kier alpha value is -1.89. The summed E-state index contributed by atoms with van der Waals surface area (Å²) < 4.78 is 0. The Balaban J connectivity index is 2.84. The molecule has 0 bridgehead atoms. The molecule has 11 nitrogen and oxygen atoms in total. The molecule has 0 aromatic carbocycles. The zero-order valence-electron chi connectivity index (χ0n) is 17.9. The van der Waals surface area contributed by atoms with E-state index in [0.29, 0.717) is 50.9 Å². The molecule has 8 N–H and O–H groups in total. The van der Waals surface area contributed by atoms with E-state index in [0.717, 1.165) is 6.42 Å². The summed E-state index contributed by atoms with van der Waals surface area (Å²) in [6.45, 7) is 0.0821. The maximum atomic E-state index is 13.2. The van der Waals surface area contributed by atoms with E-state index in [1.165, 1.54) is 16.7 Å². The summed E-state index contributed by atoms with van der Waals surface area (Å²) in [5.41, 5.74) is 11.4. The number of aliphatic hydroxyl groups excluding tert-OH is 1. The maximum absolute atomic E-state index is 13.2. The van der Waals surface area contributed by atoms with Crippen molar-refractivity contribution >= 4 is 35.5 Å². The third-order valence-corrected chi connectivity index (χ3v) is 5.81. The van der Waals surface area contributed by atoms with Gasteiger partial charge in [0, 0.05) is 6.54 Å².